The van der Waals surface area contributed by atoms with Gasteiger partial charge < -0.3 is 9.47 Å². The fourth-order valence-electron chi connectivity index (χ4n) is 4.80. The van der Waals surface area contributed by atoms with Crippen LogP contribution in [0.2, 0.25) is 5.02 Å². The minimum Gasteiger partial charge on any atom is -0.486 e. The van der Waals surface area contributed by atoms with Gasteiger partial charge in [-0.25, -0.2) is 13.6 Å². The number of nitro groups is 2. The number of piperidine rings is 1. The second-order valence-electron chi connectivity index (χ2n) is 9.00. The van der Waals surface area contributed by atoms with Crippen molar-refractivity contribution in [2.75, 3.05) is 26.2 Å². The normalized spacial score (nSPS) is 18.7. The summed E-state index contributed by atoms with van der Waals surface area (Å²) in [6.45, 7) is 3.57. The van der Waals surface area contributed by atoms with Crippen LogP contribution in [0.4, 0.5) is 11.4 Å². The number of ether oxygens (including phenoxy) is 2. The quantitative estimate of drug-likeness (QED) is 0.409. The third-order valence-corrected chi connectivity index (χ3v) is 7.77. The van der Waals surface area contributed by atoms with Gasteiger partial charge in [0.05, 0.1) is 20.3 Å². The molecule has 0 amide bonds. The lowest BCUT2D eigenvalue weighted by Gasteiger charge is -2.35. The summed E-state index contributed by atoms with van der Waals surface area (Å²) in [5.74, 6) is 1.16. The Hall–Kier alpha value is -3.00. The number of sulfonamides is 1. The lowest BCUT2D eigenvalue weighted by Crippen LogP contribution is -2.44. The smallest absolute Gasteiger partial charge is 0.283 e. The van der Waals surface area contributed by atoms with E-state index in [1.807, 2.05) is 0 Å². The molecule has 2 aromatic carbocycles. The van der Waals surface area contributed by atoms with E-state index in [9.17, 15) is 28.6 Å². The number of likely N-dealkylation sites (tertiary alicyclic amines) is 1. The molecule has 1 unspecified atom stereocenters. The van der Waals surface area contributed by atoms with Gasteiger partial charge in [0.15, 0.2) is 11.5 Å². The molecule has 0 radical (unpaired) electrons. The van der Waals surface area contributed by atoms with Crippen molar-refractivity contribution in [3.63, 3.8) is 0 Å². The summed E-state index contributed by atoms with van der Waals surface area (Å²) in [5.41, 5.74) is -1.50. The van der Waals surface area contributed by atoms with Crippen LogP contribution >= 0.6 is 11.6 Å². The van der Waals surface area contributed by atoms with E-state index in [2.05, 4.69) is 4.90 Å². The SMILES string of the molecule is Cc1c([N+](=O)[O-])cc(S(N)(=O)=O)c(CC2CCN(CC3COc4ccc(Cl)cc4O3)CC2)c1[N+](=O)[O-]. The highest BCUT2D eigenvalue weighted by Crippen LogP contribution is 2.39. The molecule has 2 aromatic rings. The van der Waals surface area contributed by atoms with Gasteiger partial charge in [-0.15, -0.1) is 0 Å². The topological polar surface area (TPSA) is 168 Å². The van der Waals surface area contributed by atoms with Gasteiger partial charge in [-0.2, -0.15) is 0 Å². The molecule has 0 spiro atoms. The predicted molar refractivity (Wildman–Crippen MR) is 130 cm³/mol. The molecule has 36 heavy (non-hydrogen) atoms. The molecule has 0 aliphatic carbocycles. The number of rotatable bonds is 7. The molecule has 1 fully saturated rings. The molecular weight excluding hydrogens is 516 g/mol. The van der Waals surface area contributed by atoms with Crippen molar-refractivity contribution in [3.8, 4) is 11.5 Å². The summed E-state index contributed by atoms with van der Waals surface area (Å²) in [6.07, 6.45) is 1.17. The van der Waals surface area contributed by atoms with Crippen LogP contribution in [0.15, 0.2) is 29.2 Å². The molecule has 2 aliphatic rings. The Balaban J connectivity index is 1.47. The second-order valence-corrected chi connectivity index (χ2v) is 11.0. The molecule has 194 valence electrons. The van der Waals surface area contributed by atoms with E-state index in [1.54, 1.807) is 18.2 Å². The number of primary sulfonamides is 1. The Morgan fingerprint density at radius 2 is 1.83 bits per heavy atom. The van der Waals surface area contributed by atoms with Crippen LogP contribution in [-0.4, -0.2) is 55.5 Å². The largest absolute Gasteiger partial charge is 0.486 e. The zero-order valence-corrected chi connectivity index (χ0v) is 21.0. The van der Waals surface area contributed by atoms with Crippen molar-refractivity contribution < 1.29 is 27.7 Å². The van der Waals surface area contributed by atoms with Crippen molar-refractivity contribution in [3.05, 3.63) is 60.6 Å². The van der Waals surface area contributed by atoms with Crippen LogP contribution in [-0.2, 0) is 16.4 Å². The Kier molecular flexibility index (Phi) is 7.36. The van der Waals surface area contributed by atoms with E-state index >= 15 is 0 Å². The molecule has 2 N–H and O–H groups in total. The van der Waals surface area contributed by atoms with Gasteiger partial charge in [-0.1, -0.05) is 11.6 Å². The maximum absolute atomic E-state index is 12.2. The third-order valence-electron chi connectivity index (χ3n) is 6.56. The summed E-state index contributed by atoms with van der Waals surface area (Å²) in [7, 11) is -4.43. The first-order valence-corrected chi connectivity index (χ1v) is 13.2. The zero-order valence-electron chi connectivity index (χ0n) is 19.4. The van der Waals surface area contributed by atoms with Gasteiger partial charge >= 0.3 is 0 Å². The van der Waals surface area contributed by atoms with Gasteiger partial charge in [0, 0.05) is 23.7 Å². The molecule has 4 rings (SSSR count). The fraction of sp³-hybridized carbons (Fsp3) is 0.455. The van der Waals surface area contributed by atoms with Gasteiger partial charge in [0.2, 0.25) is 10.0 Å². The maximum atomic E-state index is 12.2. The number of halogens is 1. The standard InChI is InChI=1S/C22H25ClN4O8S/c1-13-18(26(28)29)10-21(36(24,32)33)17(22(13)27(30)31)8-14-4-6-25(7-5-14)11-16-12-34-19-3-2-15(23)9-20(19)35-16/h2-3,9-10,14,16H,4-8,11-12H2,1H3,(H2,24,32,33). The first-order valence-electron chi connectivity index (χ1n) is 11.2. The number of nitrogens with two attached hydrogens (primary N) is 1. The van der Waals surface area contributed by atoms with Crippen LogP contribution < -0.4 is 14.6 Å². The first-order chi connectivity index (χ1) is 16.9. The summed E-state index contributed by atoms with van der Waals surface area (Å²) in [6, 6.07) is 6.02. The lowest BCUT2D eigenvalue weighted by molar-refractivity contribution is -0.396. The molecule has 1 atom stereocenters. The maximum Gasteiger partial charge on any atom is 0.283 e. The van der Waals surface area contributed by atoms with E-state index in [0.29, 0.717) is 55.6 Å². The van der Waals surface area contributed by atoms with Crippen molar-refractivity contribution in [1.29, 1.82) is 0 Å². The zero-order chi connectivity index (χ0) is 26.2. The predicted octanol–water partition coefficient (Wildman–Crippen LogP) is 3.21. The third kappa shape index (κ3) is 5.53. The first kappa shape index (κ1) is 26.1. The van der Waals surface area contributed by atoms with Gasteiger partial charge in [0.1, 0.15) is 18.3 Å². The number of fused-ring (bicyclic) bond motifs is 1. The van der Waals surface area contributed by atoms with Crippen LogP contribution in [0, 0.1) is 33.1 Å². The van der Waals surface area contributed by atoms with E-state index in [0.717, 1.165) is 6.07 Å². The van der Waals surface area contributed by atoms with E-state index < -0.39 is 36.1 Å². The van der Waals surface area contributed by atoms with Gasteiger partial charge in [-0.05, 0) is 57.3 Å². The molecule has 1 saturated heterocycles. The van der Waals surface area contributed by atoms with Crippen molar-refractivity contribution in [2.45, 2.75) is 37.2 Å². The van der Waals surface area contributed by atoms with Crippen molar-refractivity contribution in [2.24, 2.45) is 11.1 Å². The van der Waals surface area contributed by atoms with Crippen LogP contribution in [0.3, 0.4) is 0 Å². The van der Waals surface area contributed by atoms with E-state index in [-0.39, 0.29) is 29.6 Å². The minimum atomic E-state index is -4.43. The monoisotopic (exact) mass is 540 g/mol. The minimum absolute atomic E-state index is 0.0654. The average Bonchev–Trinajstić information content (AvgIpc) is 2.79. The number of hydrogen-bond donors (Lipinski definition) is 1. The molecule has 14 heteroatoms. The summed E-state index contributed by atoms with van der Waals surface area (Å²) in [4.78, 5) is 23.2. The molecular formula is C22H25ClN4O8S. The number of nitrogens with zero attached hydrogens (tertiary/aromatic N) is 3. The molecule has 2 aliphatic heterocycles. The second kappa shape index (κ2) is 10.2. The fourth-order valence-corrected chi connectivity index (χ4v) is 5.76. The average molecular weight is 541 g/mol. The van der Waals surface area contributed by atoms with Crippen molar-refractivity contribution in [1.82, 2.24) is 4.90 Å². The number of hydrogen-bond acceptors (Lipinski definition) is 9. The van der Waals surface area contributed by atoms with Gasteiger partial charge in [0.25, 0.3) is 11.4 Å². The molecule has 0 aromatic heterocycles. The Bertz CT molecular complexity index is 1310. The highest BCUT2D eigenvalue weighted by atomic mass is 35.5. The Morgan fingerprint density at radius 1 is 1.14 bits per heavy atom. The Labute approximate surface area is 212 Å². The van der Waals surface area contributed by atoms with E-state index in [4.69, 9.17) is 26.2 Å². The summed E-state index contributed by atoms with van der Waals surface area (Å²) >= 11 is 6.04. The van der Waals surface area contributed by atoms with Crippen LogP contribution in [0.5, 0.6) is 11.5 Å². The number of benzene rings is 2. The van der Waals surface area contributed by atoms with E-state index in [1.165, 1.54) is 6.92 Å². The summed E-state index contributed by atoms with van der Waals surface area (Å²) < 4.78 is 36.2. The molecule has 0 bridgehead atoms. The van der Waals surface area contributed by atoms with Crippen LogP contribution in [0.25, 0.3) is 0 Å². The van der Waals surface area contributed by atoms with Gasteiger partial charge in [-0.3, -0.25) is 25.1 Å². The molecule has 12 nitrogen and oxygen atoms in total. The summed E-state index contributed by atoms with van der Waals surface area (Å²) in [5, 5.41) is 29.1. The Morgan fingerprint density at radius 3 is 2.44 bits per heavy atom. The lowest BCUT2D eigenvalue weighted by atomic mass is 9.88. The molecule has 0 saturated carbocycles. The van der Waals surface area contributed by atoms with Crippen LogP contribution in [0.1, 0.15) is 24.0 Å². The highest BCUT2D eigenvalue weighted by Gasteiger charge is 2.35. The highest BCUT2D eigenvalue weighted by molar-refractivity contribution is 7.89. The van der Waals surface area contributed by atoms with Crippen molar-refractivity contribution >= 4 is 33.0 Å². The number of nitro benzene ring substituents is 2. The molecule has 2 heterocycles.